The lowest BCUT2D eigenvalue weighted by Crippen LogP contribution is -2.72. The molecule has 0 spiro atoms. The van der Waals surface area contributed by atoms with Crippen molar-refractivity contribution in [2.75, 3.05) is 0 Å². The van der Waals surface area contributed by atoms with Gasteiger partial charge in [-0.3, -0.25) is 0 Å². The number of halogens is 26. The summed E-state index contributed by atoms with van der Waals surface area (Å²) in [5.41, 5.74) is -6.06. The molecular formula is C26H22F26O4. The predicted molar refractivity (Wildman–Crippen MR) is 129 cm³/mol. The number of hydrogen-bond donors (Lipinski definition) is 0. The Balaban J connectivity index is 6.92. The van der Waals surface area contributed by atoms with Crippen molar-refractivity contribution in [1.82, 2.24) is 0 Å². The molecule has 0 fully saturated rings. The molecule has 0 aromatic rings. The summed E-state index contributed by atoms with van der Waals surface area (Å²) in [5.74, 6) is -86.1. The fourth-order valence-electron chi connectivity index (χ4n) is 3.93. The van der Waals surface area contributed by atoms with Crippen LogP contribution >= 0.6 is 0 Å². The van der Waals surface area contributed by atoms with Gasteiger partial charge in [-0.2, -0.15) is 114 Å². The van der Waals surface area contributed by atoms with Crippen molar-refractivity contribution in [3.63, 3.8) is 0 Å². The molecule has 2 atom stereocenters. The third kappa shape index (κ3) is 8.24. The van der Waals surface area contributed by atoms with Crippen molar-refractivity contribution < 1.29 is 133 Å². The van der Waals surface area contributed by atoms with Crippen LogP contribution in [0.4, 0.5) is 114 Å². The van der Waals surface area contributed by atoms with Gasteiger partial charge in [0, 0.05) is 23.0 Å². The maximum atomic E-state index is 14.8. The van der Waals surface area contributed by atoms with Crippen LogP contribution in [0.3, 0.4) is 0 Å². The van der Waals surface area contributed by atoms with Gasteiger partial charge in [0.2, 0.25) is 0 Å². The molecule has 0 aliphatic heterocycles. The van der Waals surface area contributed by atoms with Gasteiger partial charge in [0.05, 0.1) is 0 Å². The molecule has 30 heteroatoms. The largest absolute Gasteiger partial charge is 0.460 e. The Morgan fingerprint density at radius 2 is 0.518 bits per heavy atom. The second-order valence-corrected chi connectivity index (χ2v) is 13.5. The quantitative estimate of drug-likeness (QED) is 0.0990. The van der Waals surface area contributed by atoms with Gasteiger partial charge in [-0.1, -0.05) is 41.5 Å². The average molecular weight is 892 g/mol. The van der Waals surface area contributed by atoms with Crippen LogP contribution in [0.1, 0.15) is 41.5 Å². The van der Waals surface area contributed by atoms with Crippen molar-refractivity contribution in [2.45, 2.75) is 125 Å². The maximum Gasteiger partial charge on any atom is 0.460 e. The molecule has 0 bridgehead atoms. The first-order chi connectivity index (χ1) is 23.8. The van der Waals surface area contributed by atoms with E-state index >= 15 is 0 Å². The van der Waals surface area contributed by atoms with Crippen molar-refractivity contribution in [3.05, 3.63) is 12.2 Å². The molecule has 0 amide bonds. The van der Waals surface area contributed by atoms with E-state index in [0.717, 1.165) is 0 Å². The summed E-state index contributed by atoms with van der Waals surface area (Å²) in [5, 5.41) is 0. The molecule has 0 N–H and O–H groups in total. The summed E-state index contributed by atoms with van der Waals surface area (Å²) in [6, 6.07) is 0. The minimum Gasteiger partial charge on any atom is -0.452 e. The first-order valence-electron chi connectivity index (χ1n) is 13.8. The topological polar surface area (TPSA) is 52.6 Å². The fraction of sp³-hybridized carbons (Fsp3) is 0.846. The van der Waals surface area contributed by atoms with Crippen LogP contribution in [0.5, 0.6) is 0 Å². The van der Waals surface area contributed by atoms with E-state index in [9.17, 15) is 124 Å². The lowest BCUT2D eigenvalue weighted by atomic mass is 9.80. The molecule has 4 nitrogen and oxygen atoms in total. The van der Waals surface area contributed by atoms with E-state index < -0.39 is 119 Å². The summed E-state index contributed by atoms with van der Waals surface area (Å²) in [4.78, 5) is 24.1. The highest BCUT2D eigenvalue weighted by Gasteiger charge is 2.93. The van der Waals surface area contributed by atoms with Crippen LogP contribution in [0, 0.1) is 10.8 Å². The second kappa shape index (κ2) is 14.3. The summed E-state index contributed by atoms with van der Waals surface area (Å²) in [7, 11) is 0. The predicted octanol–water partition coefficient (Wildman–Crippen LogP) is 10.9. The zero-order valence-electron chi connectivity index (χ0n) is 27.8. The highest BCUT2D eigenvalue weighted by molar-refractivity contribution is 5.91. The average Bonchev–Trinajstić information content (AvgIpc) is 2.94. The van der Waals surface area contributed by atoms with Gasteiger partial charge in [-0.05, 0) is 0 Å². The standard InChI is InChI=1S/C26H22F26O4/c1-13(2,3)11(15(27,28)17(31,32)19(35,36)21(39,40)23(43,44)25(47,48)49)55-9(53)7-8-10(54)56-12(14(4,5)6)16(29,30)18(33,34)20(37,38)22(41,42)24(45,46)26(50,51)52/h7-8,11-12H,1-6H3/b8-7+. The minimum absolute atomic E-state index is 0.188. The molecule has 0 aliphatic rings. The SMILES string of the molecule is CC(C)(C)C(OC(=O)/C=C/C(=O)OC(C(C)(C)C)C(F)(F)C(F)(F)C(F)(F)C(F)(F)C(F)(F)C(F)(F)F)C(F)(F)C(F)(F)C(F)(F)C(F)(F)C(F)(F)C(F)(F)F. The summed E-state index contributed by atoms with van der Waals surface area (Å²) >= 11 is 0. The lowest BCUT2D eigenvalue weighted by Gasteiger charge is -2.44. The normalized spacial score (nSPS) is 17.2. The molecule has 0 aromatic heterocycles. The summed E-state index contributed by atoms with van der Waals surface area (Å²) in [6.07, 6.45) is -26.0. The van der Waals surface area contributed by atoms with Crippen LogP contribution in [-0.4, -0.2) is 95.7 Å². The van der Waals surface area contributed by atoms with Crippen LogP contribution in [0.2, 0.25) is 0 Å². The molecule has 0 heterocycles. The number of ether oxygens (including phenoxy) is 2. The third-order valence-corrected chi connectivity index (χ3v) is 6.97. The monoisotopic (exact) mass is 892 g/mol. The Kier molecular flexibility index (Phi) is 13.5. The summed E-state index contributed by atoms with van der Waals surface area (Å²) in [6.45, 7) is 1.13. The van der Waals surface area contributed by atoms with Crippen LogP contribution in [0.15, 0.2) is 12.2 Å². The van der Waals surface area contributed by atoms with Gasteiger partial charge >= 0.3 is 83.5 Å². The number of carbonyl (C=O) groups excluding carboxylic acids is 2. The molecule has 0 radical (unpaired) electrons. The van der Waals surface area contributed by atoms with Crippen LogP contribution in [-0.2, 0) is 19.1 Å². The summed E-state index contributed by atoms with van der Waals surface area (Å²) < 4.78 is 362. The Morgan fingerprint density at radius 1 is 0.339 bits per heavy atom. The van der Waals surface area contributed by atoms with Gasteiger partial charge in [0.15, 0.2) is 12.2 Å². The fourth-order valence-corrected chi connectivity index (χ4v) is 3.93. The minimum atomic E-state index is -8.41. The molecule has 0 aliphatic carbocycles. The van der Waals surface area contributed by atoms with E-state index in [1.54, 1.807) is 0 Å². The van der Waals surface area contributed by atoms with Crippen molar-refractivity contribution in [3.8, 4) is 0 Å². The van der Waals surface area contributed by atoms with Crippen molar-refractivity contribution in [1.29, 1.82) is 0 Å². The molecule has 2 unspecified atom stereocenters. The molecular weight excluding hydrogens is 870 g/mol. The number of rotatable bonds is 14. The van der Waals surface area contributed by atoms with E-state index in [4.69, 9.17) is 0 Å². The van der Waals surface area contributed by atoms with E-state index in [0.29, 0.717) is 0 Å². The second-order valence-electron chi connectivity index (χ2n) is 13.5. The number of alkyl halides is 26. The molecule has 0 aromatic carbocycles. The van der Waals surface area contributed by atoms with Gasteiger partial charge in [-0.15, -0.1) is 0 Å². The molecule has 0 rings (SSSR count). The highest BCUT2D eigenvalue weighted by Crippen LogP contribution is 2.63. The van der Waals surface area contributed by atoms with E-state index in [1.165, 1.54) is 0 Å². The molecule has 0 saturated carbocycles. The zero-order chi connectivity index (χ0) is 46.1. The Labute approximate surface area is 294 Å². The third-order valence-electron chi connectivity index (χ3n) is 6.97. The maximum absolute atomic E-state index is 14.8. The zero-order valence-corrected chi connectivity index (χ0v) is 27.8. The smallest absolute Gasteiger partial charge is 0.452 e. The first-order valence-corrected chi connectivity index (χ1v) is 13.8. The molecule has 332 valence electrons. The van der Waals surface area contributed by atoms with Gasteiger partial charge in [-0.25, -0.2) is 9.59 Å². The Morgan fingerprint density at radius 3 is 0.679 bits per heavy atom. The van der Waals surface area contributed by atoms with E-state index in [2.05, 4.69) is 9.47 Å². The van der Waals surface area contributed by atoms with Crippen molar-refractivity contribution in [2.24, 2.45) is 10.8 Å². The highest BCUT2D eigenvalue weighted by atomic mass is 19.4. The number of carbonyl (C=O) groups is 2. The molecule has 0 saturated heterocycles. The number of esters is 2. The van der Waals surface area contributed by atoms with E-state index in [1.807, 2.05) is 0 Å². The van der Waals surface area contributed by atoms with E-state index in [-0.39, 0.29) is 41.5 Å². The van der Waals surface area contributed by atoms with Gasteiger partial charge < -0.3 is 9.47 Å². The van der Waals surface area contributed by atoms with Gasteiger partial charge in [0.25, 0.3) is 0 Å². The van der Waals surface area contributed by atoms with Crippen LogP contribution in [0.25, 0.3) is 0 Å². The van der Waals surface area contributed by atoms with Crippen molar-refractivity contribution >= 4 is 11.9 Å². The Hall–Kier alpha value is -3.14. The lowest BCUT2D eigenvalue weighted by molar-refractivity contribution is -0.446. The molecule has 56 heavy (non-hydrogen) atoms. The number of hydrogen-bond acceptors (Lipinski definition) is 4. The first kappa shape index (κ1) is 52.9. The Bertz CT molecular complexity index is 1350. The van der Waals surface area contributed by atoms with Gasteiger partial charge in [0.1, 0.15) is 0 Å². The van der Waals surface area contributed by atoms with Crippen LogP contribution < -0.4 is 0 Å².